The first-order valence-corrected chi connectivity index (χ1v) is 31.6. The summed E-state index contributed by atoms with van der Waals surface area (Å²) in [4.78, 5) is 0. The summed E-state index contributed by atoms with van der Waals surface area (Å²) in [5.41, 5.74) is -2.49. The molecule has 35 atom stereocenters. The van der Waals surface area contributed by atoms with Gasteiger partial charge in [-0.25, -0.2) is 0 Å². The summed E-state index contributed by atoms with van der Waals surface area (Å²) >= 11 is 0. The molecule has 8 unspecified atom stereocenters. The lowest BCUT2D eigenvalue weighted by atomic mass is 9.38. The standard InChI is InChI=1S/C60H102O29/c1-23(9-13-35(57(4,5)79)88-55-50(89-54-49(78)43(72)38(67)29(20-63)84-54)45(74)40(69)31(86-55)22-81-52-47(76)42(71)37(66)28(19-62)83-52)24-15-16-58(6)32-12-10-25-26(60(32,8)33(64)17-59(24,58)7)11-14-34(56(25,2)3)87-53-48(77)44(73)39(68)30(85-53)21-80-51-46(75)41(70)36(65)27(18-61)82-51/h10,23-24,26-55,61-79H,9,11-22H2,1-8H3/t23-,24-,26-,27-,28?,29?,30-,31-,32+,33-,34+,35-,36-,37+,38-,39-,40-,41+,42-,43?,44+,45+,46-,47?,48-,49?,50-,51?,52+,53?,54-,55?,58+,59-,60+/m1/s1. The zero-order chi connectivity index (χ0) is 65.5. The summed E-state index contributed by atoms with van der Waals surface area (Å²) in [5.74, 6) is -0.0172. The van der Waals surface area contributed by atoms with Gasteiger partial charge in [-0.15, -0.1) is 0 Å². The van der Waals surface area contributed by atoms with E-state index in [9.17, 15) is 97.0 Å². The lowest BCUT2D eigenvalue weighted by Gasteiger charge is -2.67. The van der Waals surface area contributed by atoms with Gasteiger partial charge in [0.2, 0.25) is 0 Å². The third-order valence-corrected chi connectivity index (χ3v) is 22.9. The Balaban J connectivity index is 0.883. The van der Waals surface area contributed by atoms with E-state index in [1.165, 1.54) is 13.8 Å². The maximum absolute atomic E-state index is 12.8. The average molecular weight is 1290 g/mol. The number of aliphatic hydroxyl groups is 19. The topological polar surface area (TPSA) is 477 Å². The molecule has 516 valence electrons. The fourth-order valence-electron chi connectivity index (χ4n) is 17.0. The zero-order valence-electron chi connectivity index (χ0n) is 51.8. The molecule has 0 bridgehead atoms. The summed E-state index contributed by atoms with van der Waals surface area (Å²) in [6, 6.07) is 0. The second-order valence-corrected chi connectivity index (χ2v) is 28.7. The Morgan fingerprint density at radius 1 is 0.517 bits per heavy atom. The highest BCUT2D eigenvalue weighted by atomic mass is 16.8. The van der Waals surface area contributed by atoms with E-state index in [-0.39, 0.29) is 35.5 Å². The minimum atomic E-state index is -1.96. The second kappa shape index (κ2) is 27.6. The molecule has 4 aliphatic carbocycles. The molecule has 0 aromatic heterocycles. The first kappa shape index (κ1) is 71.9. The van der Waals surface area contributed by atoms with Crippen molar-refractivity contribution >= 4 is 0 Å². The Morgan fingerprint density at radius 2 is 0.955 bits per heavy atom. The summed E-state index contributed by atoms with van der Waals surface area (Å²) in [6.45, 7) is 12.6. The molecule has 9 aliphatic rings. The van der Waals surface area contributed by atoms with E-state index < -0.39 is 227 Å². The number of allylic oxidation sites excluding steroid dienone is 1. The van der Waals surface area contributed by atoms with E-state index in [1.54, 1.807) is 0 Å². The highest BCUT2D eigenvalue weighted by Gasteiger charge is 2.70. The van der Waals surface area contributed by atoms with E-state index in [1.807, 2.05) is 13.8 Å². The number of aliphatic hydroxyl groups excluding tert-OH is 18. The van der Waals surface area contributed by atoms with Crippen LogP contribution in [0.25, 0.3) is 0 Å². The van der Waals surface area contributed by atoms with E-state index in [0.717, 1.165) is 18.4 Å². The molecule has 3 saturated carbocycles. The third kappa shape index (κ3) is 13.1. The van der Waals surface area contributed by atoms with Gasteiger partial charge in [-0.05, 0) is 99.7 Å². The van der Waals surface area contributed by atoms with Gasteiger partial charge in [0.1, 0.15) is 122 Å². The Morgan fingerprint density at radius 3 is 1.45 bits per heavy atom. The first-order chi connectivity index (χ1) is 41.6. The molecule has 0 aromatic rings. The molecule has 5 aliphatic heterocycles. The maximum atomic E-state index is 12.8. The van der Waals surface area contributed by atoms with Crippen LogP contribution in [0.1, 0.15) is 107 Å². The molecular formula is C60H102O29. The molecule has 19 N–H and O–H groups in total. The molecule has 0 aromatic carbocycles. The van der Waals surface area contributed by atoms with Crippen molar-refractivity contribution in [1.29, 1.82) is 0 Å². The molecule has 8 fully saturated rings. The number of rotatable bonds is 20. The van der Waals surface area contributed by atoms with Gasteiger partial charge in [-0.3, -0.25) is 0 Å². The summed E-state index contributed by atoms with van der Waals surface area (Å²) in [7, 11) is 0. The van der Waals surface area contributed by atoms with Gasteiger partial charge in [0.05, 0.1) is 56.9 Å². The van der Waals surface area contributed by atoms with Crippen LogP contribution in [0, 0.1) is 45.3 Å². The molecule has 29 nitrogen and oxygen atoms in total. The van der Waals surface area contributed by atoms with Crippen molar-refractivity contribution in [2.45, 2.75) is 284 Å². The smallest absolute Gasteiger partial charge is 0.187 e. The van der Waals surface area contributed by atoms with Crippen molar-refractivity contribution < 1.29 is 144 Å². The maximum Gasteiger partial charge on any atom is 0.187 e. The van der Waals surface area contributed by atoms with Crippen LogP contribution in [0.3, 0.4) is 0 Å². The van der Waals surface area contributed by atoms with Crippen LogP contribution in [0.4, 0.5) is 0 Å². The number of hydrogen-bond donors (Lipinski definition) is 19. The first-order valence-electron chi connectivity index (χ1n) is 31.6. The Hall–Kier alpha value is -1.42. The molecule has 9 rings (SSSR count). The summed E-state index contributed by atoms with van der Waals surface area (Å²) < 4.78 is 59.3. The van der Waals surface area contributed by atoms with Crippen molar-refractivity contribution in [3.05, 3.63) is 11.6 Å². The van der Waals surface area contributed by atoms with Crippen LogP contribution in [0.5, 0.6) is 0 Å². The van der Waals surface area contributed by atoms with E-state index in [2.05, 4.69) is 33.8 Å². The van der Waals surface area contributed by atoms with Crippen LogP contribution in [-0.2, 0) is 47.4 Å². The Labute approximate surface area is 517 Å². The van der Waals surface area contributed by atoms with Crippen LogP contribution in [-0.4, -0.2) is 308 Å². The summed E-state index contributed by atoms with van der Waals surface area (Å²) in [6.07, 6.45) is -37.4. The number of hydrogen-bond acceptors (Lipinski definition) is 29. The van der Waals surface area contributed by atoms with Crippen LogP contribution in [0.2, 0.25) is 0 Å². The minimum Gasteiger partial charge on any atom is -0.394 e. The third-order valence-electron chi connectivity index (χ3n) is 22.9. The van der Waals surface area contributed by atoms with Gasteiger partial charge >= 0.3 is 0 Å². The minimum absolute atomic E-state index is 0.0310. The van der Waals surface area contributed by atoms with Crippen LogP contribution < -0.4 is 0 Å². The molecule has 0 radical (unpaired) electrons. The van der Waals surface area contributed by atoms with Gasteiger partial charge in [0.15, 0.2) is 31.5 Å². The highest BCUT2D eigenvalue weighted by molar-refractivity contribution is 5.32. The van der Waals surface area contributed by atoms with Gasteiger partial charge < -0.3 is 144 Å². The molecular weight excluding hydrogens is 1180 g/mol. The largest absolute Gasteiger partial charge is 0.394 e. The zero-order valence-corrected chi connectivity index (χ0v) is 51.8. The molecule has 5 saturated heterocycles. The normalized spacial score (nSPS) is 51.8. The van der Waals surface area contributed by atoms with E-state index in [4.69, 9.17) is 47.4 Å². The summed E-state index contributed by atoms with van der Waals surface area (Å²) in [5, 5.41) is 205. The number of fused-ring (bicyclic) bond motifs is 5. The molecule has 5 heterocycles. The monoisotopic (exact) mass is 1290 g/mol. The van der Waals surface area contributed by atoms with Gasteiger partial charge in [-0.1, -0.05) is 53.2 Å². The molecule has 89 heavy (non-hydrogen) atoms. The number of ether oxygens (including phenoxy) is 10. The van der Waals surface area contributed by atoms with Crippen molar-refractivity contribution in [3.63, 3.8) is 0 Å². The lowest BCUT2D eigenvalue weighted by molar-refractivity contribution is -0.380. The highest BCUT2D eigenvalue weighted by Crippen LogP contribution is 2.75. The predicted molar refractivity (Wildman–Crippen MR) is 300 cm³/mol. The quantitative estimate of drug-likeness (QED) is 0.0506. The molecule has 0 spiro atoms. The van der Waals surface area contributed by atoms with Gasteiger partial charge in [0, 0.05) is 10.8 Å². The average Bonchev–Trinajstić information content (AvgIpc) is 1.66. The predicted octanol–water partition coefficient (Wildman–Crippen LogP) is -5.41. The fraction of sp³-hybridized carbons (Fsp3) is 0.967. The van der Waals surface area contributed by atoms with Crippen molar-refractivity contribution in [3.8, 4) is 0 Å². The Bertz CT molecular complexity index is 2340. The van der Waals surface area contributed by atoms with E-state index >= 15 is 0 Å². The van der Waals surface area contributed by atoms with Crippen LogP contribution in [0.15, 0.2) is 11.6 Å². The van der Waals surface area contributed by atoms with Crippen LogP contribution >= 0.6 is 0 Å². The SMILES string of the molecule is C[C@H](CC[C@@H](OC1O[C@H](CO[C@H]2OC(CO)[C@H](O)[C@@H](O)C2O)[C@@H](O)[C@H](O)[C@H]1O[C@H]1OC(CO)[C@@H](O)C(O)C1O)C(C)(C)O)[C@H]1CC[C@@]2(C)[C@@H]3CC=C4[C@@H](CC[C@H](OC5O[C@H](COC6O[C@H](CO)[C@@H](O)[C@H](O)[C@H]6O)[C@@H](O)[C@H](O)[C@H]5O)C4(C)C)[C@]3(C)[C@H](O)C[C@]12C. The van der Waals surface area contributed by atoms with Gasteiger partial charge in [-0.2, -0.15) is 0 Å². The molecule has 0 amide bonds. The van der Waals surface area contributed by atoms with Crippen molar-refractivity contribution in [2.24, 2.45) is 45.3 Å². The lowest BCUT2D eigenvalue weighted by Crippen LogP contribution is -2.65. The van der Waals surface area contributed by atoms with Gasteiger partial charge in [0.25, 0.3) is 0 Å². The molecule has 29 heteroatoms. The Kier molecular flexibility index (Phi) is 22.3. The second-order valence-electron chi connectivity index (χ2n) is 28.7. The van der Waals surface area contributed by atoms with Crippen molar-refractivity contribution in [2.75, 3.05) is 33.0 Å². The fourth-order valence-corrected chi connectivity index (χ4v) is 17.0. The van der Waals surface area contributed by atoms with E-state index in [0.29, 0.717) is 32.1 Å². The van der Waals surface area contributed by atoms with Crippen molar-refractivity contribution in [1.82, 2.24) is 0 Å².